The molecule has 0 bridgehead atoms. The zero-order chi connectivity index (χ0) is 11.8. The van der Waals surface area contributed by atoms with Crippen molar-refractivity contribution in [1.82, 2.24) is 9.55 Å². The van der Waals surface area contributed by atoms with Crippen molar-refractivity contribution in [2.75, 3.05) is 0 Å². The first kappa shape index (κ1) is 10.2. The van der Waals surface area contributed by atoms with Crippen LogP contribution in [0.4, 0.5) is 0 Å². The summed E-state index contributed by atoms with van der Waals surface area (Å²) in [5.74, 6) is 0.739. The zero-order valence-corrected chi connectivity index (χ0v) is 9.57. The molecule has 2 heterocycles. The lowest BCUT2D eigenvalue weighted by Gasteiger charge is -2.00. The van der Waals surface area contributed by atoms with Crippen LogP contribution in [0.5, 0.6) is 0 Å². The standard InChI is InChI=1S/C12H9ClN2O2/c13-8-3-4-11-10(6-8)14-12(16)15(11)7-9-2-1-5-17-9/h1-6H,7H2,(H,14,16). The third kappa shape index (κ3) is 1.76. The minimum absolute atomic E-state index is 0.168. The van der Waals surface area contributed by atoms with Crippen molar-refractivity contribution in [1.29, 1.82) is 0 Å². The van der Waals surface area contributed by atoms with Gasteiger partial charge in [0.2, 0.25) is 0 Å². The molecule has 0 atom stereocenters. The largest absolute Gasteiger partial charge is 0.467 e. The number of nitrogens with one attached hydrogen (secondary N) is 1. The molecule has 3 rings (SSSR count). The zero-order valence-electron chi connectivity index (χ0n) is 8.81. The Kier molecular flexibility index (Phi) is 2.30. The van der Waals surface area contributed by atoms with Crippen LogP contribution in [0.1, 0.15) is 5.76 Å². The molecule has 0 aliphatic heterocycles. The maximum Gasteiger partial charge on any atom is 0.326 e. The summed E-state index contributed by atoms with van der Waals surface area (Å²) in [7, 11) is 0. The number of imidazole rings is 1. The minimum atomic E-state index is -0.168. The number of hydrogen-bond acceptors (Lipinski definition) is 2. The predicted octanol–water partition coefficient (Wildman–Crippen LogP) is 2.62. The Hall–Kier alpha value is -1.94. The summed E-state index contributed by atoms with van der Waals surface area (Å²) in [4.78, 5) is 14.6. The number of halogens is 1. The average Bonchev–Trinajstić information content (AvgIpc) is 2.88. The quantitative estimate of drug-likeness (QED) is 0.758. The summed E-state index contributed by atoms with van der Waals surface area (Å²) in [6, 6.07) is 8.94. The van der Waals surface area contributed by atoms with E-state index >= 15 is 0 Å². The van der Waals surface area contributed by atoms with E-state index in [-0.39, 0.29) is 5.69 Å². The molecule has 3 aromatic rings. The molecule has 0 aliphatic rings. The van der Waals surface area contributed by atoms with Gasteiger partial charge in [0, 0.05) is 5.02 Å². The van der Waals surface area contributed by atoms with Crippen LogP contribution in [0.15, 0.2) is 45.8 Å². The highest BCUT2D eigenvalue weighted by Crippen LogP contribution is 2.17. The molecule has 0 aliphatic carbocycles. The van der Waals surface area contributed by atoms with E-state index < -0.39 is 0 Å². The van der Waals surface area contributed by atoms with Gasteiger partial charge in [-0.05, 0) is 30.3 Å². The van der Waals surface area contributed by atoms with E-state index in [1.54, 1.807) is 29.0 Å². The number of rotatable bonds is 2. The van der Waals surface area contributed by atoms with Crippen LogP contribution < -0.4 is 5.69 Å². The van der Waals surface area contributed by atoms with E-state index in [1.807, 2.05) is 12.1 Å². The molecule has 86 valence electrons. The molecule has 0 saturated carbocycles. The summed E-state index contributed by atoms with van der Waals surface area (Å²) >= 11 is 5.87. The number of H-pyrrole nitrogens is 1. The van der Waals surface area contributed by atoms with Gasteiger partial charge in [-0.2, -0.15) is 0 Å². The molecule has 1 N–H and O–H groups in total. The molecule has 0 unspecified atom stereocenters. The van der Waals surface area contributed by atoms with E-state index in [9.17, 15) is 4.79 Å². The molecule has 0 radical (unpaired) electrons. The Balaban J connectivity index is 2.16. The van der Waals surface area contributed by atoms with Crippen molar-refractivity contribution < 1.29 is 4.42 Å². The van der Waals surface area contributed by atoms with Crippen LogP contribution in [0.25, 0.3) is 11.0 Å². The Bertz CT molecular complexity index is 710. The monoisotopic (exact) mass is 248 g/mol. The van der Waals surface area contributed by atoms with Gasteiger partial charge in [-0.1, -0.05) is 11.6 Å². The molecular formula is C12H9ClN2O2. The molecule has 2 aromatic heterocycles. The van der Waals surface area contributed by atoms with Crippen LogP contribution in [0, 0.1) is 0 Å². The highest BCUT2D eigenvalue weighted by molar-refractivity contribution is 6.31. The third-order valence-electron chi connectivity index (χ3n) is 2.63. The third-order valence-corrected chi connectivity index (χ3v) is 2.87. The fourth-order valence-corrected chi connectivity index (χ4v) is 2.02. The van der Waals surface area contributed by atoms with Crippen molar-refractivity contribution in [3.63, 3.8) is 0 Å². The molecule has 0 fully saturated rings. The number of hydrogen-bond donors (Lipinski definition) is 1. The van der Waals surface area contributed by atoms with Gasteiger partial charge in [-0.25, -0.2) is 4.79 Å². The smallest absolute Gasteiger partial charge is 0.326 e. The highest BCUT2D eigenvalue weighted by Gasteiger charge is 2.08. The van der Waals surface area contributed by atoms with Gasteiger partial charge in [0.25, 0.3) is 0 Å². The predicted molar refractivity (Wildman–Crippen MR) is 65.4 cm³/mol. The number of furan rings is 1. The summed E-state index contributed by atoms with van der Waals surface area (Å²) < 4.78 is 6.85. The van der Waals surface area contributed by atoms with Crippen LogP contribution in [0.3, 0.4) is 0 Å². The number of benzene rings is 1. The molecule has 4 nitrogen and oxygen atoms in total. The summed E-state index contributed by atoms with van der Waals surface area (Å²) in [5, 5.41) is 0.601. The SMILES string of the molecule is O=c1[nH]c2cc(Cl)ccc2n1Cc1ccco1. The Morgan fingerprint density at radius 1 is 1.35 bits per heavy atom. The van der Waals surface area contributed by atoms with Crippen LogP contribution >= 0.6 is 11.6 Å². The van der Waals surface area contributed by atoms with Gasteiger partial charge >= 0.3 is 5.69 Å². The topological polar surface area (TPSA) is 50.9 Å². The first-order valence-corrected chi connectivity index (χ1v) is 5.52. The Labute approximate surface area is 101 Å². The lowest BCUT2D eigenvalue weighted by atomic mass is 10.3. The molecule has 5 heteroatoms. The maximum absolute atomic E-state index is 11.8. The fourth-order valence-electron chi connectivity index (χ4n) is 1.85. The molecule has 17 heavy (non-hydrogen) atoms. The molecule has 0 amide bonds. The fraction of sp³-hybridized carbons (Fsp3) is 0.0833. The Morgan fingerprint density at radius 2 is 2.24 bits per heavy atom. The molecule has 0 saturated heterocycles. The molecule has 0 spiro atoms. The first-order chi connectivity index (χ1) is 8.24. The summed E-state index contributed by atoms with van der Waals surface area (Å²) in [6.07, 6.45) is 1.59. The van der Waals surface area contributed by atoms with Crippen molar-refractivity contribution in [2.45, 2.75) is 6.54 Å². The van der Waals surface area contributed by atoms with E-state index in [0.717, 1.165) is 16.8 Å². The van der Waals surface area contributed by atoms with Crippen LogP contribution in [-0.4, -0.2) is 9.55 Å². The number of fused-ring (bicyclic) bond motifs is 1. The van der Waals surface area contributed by atoms with E-state index in [1.165, 1.54) is 0 Å². The van der Waals surface area contributed by atoms with E-state index in [4.69, 9.17) is 16.0 Å². The van der Waals surface area contributed by atoms with E-state index in [2.05, 4.69) is 4.98 Å². The molecular weight excluding hydrogens is 240 g/mol. The summed E-state index contributed by atoms with van der Waals surface area (Å²) in [5.41, 5.74) is 1.38. The van der Waals surface area contributed by atoms with Crippen LogP contribution in [-0.2, 0) is 6.54 Å². The van der Waals surface area contributed by atoms with Crippen molar-refractivity contribution in [3.8, 4) is 0 Å². The van der Waals surface area contributed by atoms with Gasteiger partial charge in [-0.15, -0.1) is 0 Å². The lowest BCUT2D eigenvalue weighted by molar-refractivity contribution is 0.493. The maximum atomic E-state index is 11.8. The van der Waals surface area contributed by atoms with Crippen LogP contribution in [0.2, 0.25) is 5.02 Å². The number of nitrogens with zero attached hydrogens (tertiary/aromatic N) is 1. The van der Waals surface area contributed by atoms with Crippen molar-refractivity contribution in [3.05, 3.63) is 57.9 Å². The van der Waals surface area contributed by atoms with E-state index in [0.29, 0.717) is 11.6 Å². The van der Waals surface area contributed by atoms with Crippen molar-refractivity contribution >= 4 is 22.6 Å². The lowest BCUT2D eigenvalue weighted by Crippen LogP contribution is -2.16. The van der Waals surface area contributed by atoms with Gasteiger partial charge in [0.15, 0.2) is 0 Å². The second kappa shape index (κ2) is 3.82. The first-order valence-electron chi connectivity index (χ1n) is 5.14. The second-order valence-corrected chi connectivity index (χ2v) is 4.19. The highest BCUT2D eigenvalue weighted by atomic mass is 35.5. The van der Waals surface area contributed by atoms with Crippen molar-refractivity contribution in [2.24, 2.45) is 0 Å². The van der Waals surface area contributed by atoms with Gasteiger partial charge in [0.1, 0.15) is 5.76 Å². The molecule has 1 aromatic carbocycles. The average molecular weight is 249 g/mol. The normalized spacial score (nSPS) is 11.1. The number of aromatic amines is 1. The second-order valence-electron chi connectivity index (χ2n) is 3.76. The summed E-state index contributed by atoms with van der Waals surface area (Å²) in [6.45, 7) is 0.410. The Morgan fingerprint density at radius 3 is 3.00 bits per heavy atom. The van der Waals surface area contributed by atoms with Gasteiger partial charge < -0.3 is 9.40 Å². The van der Waals surface area contributed by atoms with Gasteiger partial charge in [0.05, 0.1) is 23.8 Å². The van der Waals surface area contributed by atoms with Gasteiger partial charge in [-0.3, -0.25) is 4.57 Å². The minimum Gasteiger partial charge on any atom is -0.467 e. The number of aromatic nitrogens is 2.